The van der Waals surface area contributed by atoms with Gasteiger partial charge < -0.3 is 14.8 Å². The third-order valence-corrected chi connectivity index (χ3v) is 7.24. The Balaban J connectivity index is 1.75. The van der Waals surface area contributed by atoms with Gasteiger partial charge in [-0.15, -0.1) is 0 Å². The Morgan fingerprint density at radius 3 is 2.70 bits per heavy atom. The SMILES string of the molecule is COc1cc([C@@H]2CC(=O)Nc3c2c(C)nn3[C@@H]2CCS(=O)(=O)C2)ccc1OC(F)F. The predicted octanol–water partition coefficient (Wildman–Crippen LogP) is 2.64. The van der Waals surface area contributed by atoms with Gasteiger partial charge in [0.15, 0.2) is 21.3 Å². The zero-order valence-corrected chi connectivity index (χ0v) is 17.2. The summed E-state index contributed by atoms with van der Waals surface area (Å²) < 4.78 is 60.3. The van der Waals surface area contributed by atoms with Crippen molar-refractivity contribution in [1.29, 1.82) is 0 Å². The molecule has 8 nitrogen and oxygen atoms in total. The highest BCUT2D eigenvalue weighted by molar-refractivity contribution is 7.91. The Hall–Kier alpha value is -2.69. The number of fused-ring (bicyclic) bond motifs is 1. The maximum absolute atomic E-state index is 12.6. The number of rotatable bonds is 5. The quantitative estimate of drug-likeness (QED) is 0.766. The summed E-state index contributed by atoms with van der Waals surface area (Å²) in [6.07, 6.45) is 0.574. The van der Waals surface area contributed by atoms with Gasteiger partial charge in [-0.1, -0.05) is 6.07 Å². The van der Waals surface area contributed by atoms with E-state index in [0.717, 1.165) is 5.56 Å². The lowest BCUT2D eigenvalue weighted by molar-refractivity contribution is -0.116. The van der Waals surface area contributed by atoms with Gasteiger partial charge in [0.2, 0.25) is 5.91 Å². The number of hydrogen-bond donors (Lipinski definition) is 1. The van der Waals surface area contributed by atoms with Crippen molar-refractivity contribution in [1.82, 2.24) is 9.78 Å². The number of aromatic nitrogens is 2. The van der Waals surface area contributed by atoms with Crippen LogP contribution in [0.5, 0.6) is 11.5 Å². The first-order chi connectivity index (χ1) is 14.2. The zero-order chi connectivity index (χ0) is 21.6. The first-order valence-electron chi connectivity index (χ1n) is 9.40. The molecule has 1 aromatic heterocycles. The third-order valence-electron chi connectivity index (χ3n) is 5.49. The number of sulfone groups is 1. The van der Waals surface area contributed by atoms with Crippen molar-refractivity contribution in [2.24, 2.45) is 0 Å². The van der Waals surface area contributed by atoms with E-state index in [1.165, 1.54) is 13.2 Å². The van der Waals surface area contributed by atoms with Crippen molar-refractivity contribution in [3.63, 3.8) is 0 Å². The lowest BCUT2D eigenvalue weighted by Gasteiger charge is -2.26. The molecule has 0 radical (unpaired) electrons. The van der Waals surface area contributed by atoms with E-state index in [2.05, 4.69) is 15.2 Å². The molecule has 162 valence electrons. The van der Waals surface area contributed by atoms with Crippen molar-refractivity contribution < 1.29 is 31.5 Å². The Bertz CT molecular complexity index is 1100. The van der Waals surface area contributed by atoms with Crippen LogP contribution in [0.15, 0.2) is 18.2 Å². The molecule has 2 atom stereocenters. The molecule has 1 fully saturated rings. The first-order valence-corrected chi connectivity index (χ1v) is 11.2. The molecule has 1 amide bonds. The average molecular weight is 441 g/mol. The third kappa shape index (κ3) is 3.73. The molecule has 2 aliphatic heterocycles. The molecule has 0 aliphatic carbocycles. The van der Waals surface area contributed by atoms with Crippen LogP contribution in [0.25, 0.3) is 0 Å². The molecule has 1 N–H and O–H groups in total. The smallest absolute Gasteiger partial charge is 0.387 e. The van der Waals surface area contributed by atoms with Crippen molar-refractivity contribution >= 4 is 21.6 Å². The highest BCUT2D eigenvalue weighted by Gasteiger charge is 2.37. The molecule has 4 rings (SSSR count). The lowest BCUT2D eigenvalue weighted by Crippen LogP contribution is -2.26. The molecular formula is C19H21F2N3O5S. The van der Waals surface area contributed by atoms with Crippen molar-refractivity contribution in [2.45, 2.75) is 38.3 Å². The predicted molar refractivity (Wildman–Crippen MR) is 104 cm³/mol. The zero-order valence-electron chi connectivity index (χ0n) is 16.4. The lowest BCUT2D eigenvalue weighted by atomic mass is 9.85. The number of carbonyl (C=O) groups excluding carboxylic acids is 1. The second kappa shape index (κ2) is 7.53. The second-order valence-electron chi connectivity index (χ2n) is 7.44. The minimum Gasteiger partial charge on any atom is -0.493 e. The van der Waals surface area contributed by atoms with Crippen molar-refractivity contribution in [3.8, 4) is 11.5 Å². The number of carbonyl (C=O) groups is 1. The molecule has 3 heterocycles. The van der Waals surface area contributed by atoms with Crippen molar-refractivity contribution in [3.05, 3.63) is 35.0 Å². The molecule has 1 aromatic carbocycles. The Kier molecular flexibility index (Phi) is 5.16. The highest BCUT2D eigenvalue weighted by Crippen LogP contribution is 2.43. The van der Waals surface area contributed by atoms with Gasteiger partial charge in [0.1, 0.15) is 5.82 Å². The number of methoxy groups -OCH3 is 1. The van der Waals surface area contributed by atoms with Gasteiger partial charge in [0.05, 0.1) is 30.4 Å². The molecule has 30 heavy (non-hydrogen) atoms. The summed E-state index contributed by atoms with van der Waals surface area (Å²) in [7, 11) is -1.78. The number of hydrogen-bond acceptors (Lipinski definition) is 6. The van der Waals surface area contributed by atoms with E-state index < -0.39 is 16.4 Å². The number of aryl methyl sites for hydroxylation is 1. The molecular weight excluding hydrogens is 420 g/mol. The summed E-state index contributed by atoms with van der Waals surface area (Å²) in [5.74, 6) is -0.0215. The van der Waals surface area contributed by atoms with Crippen LogP contribution < -0.4 is 14.8 Å². The monoisotopic (exact) mass is 441 g/mol. The maximum Gasteiger partial charge on any atom is 0.387 e. The number of alkyl halides is 2. The normalized spacial score (nSPS) is 22.6. The van der Waals surface area contributed by atoms with E-state index in [9.17, 15) is 22.0 Å². The fourth-order valence-electron chi connectivity index (χ4n) is 4.18. The van der Waals surface area contributed by atoms with Crippen LogP contribution in [0.3, 0.4) is 0 Å². The number of amides is 1. The standard InChI is InChI=1S/C19H21F2N3O5S/c1-10-17-13(11-3-4-14(29-19(20)21)15(7-11)28-2)8-16(25)22-18(17)24(23-10)12-5-6-30(26,27)9-12/h3-4,7,12-13,19H,5-6,8-9H2,1-2H3,(H,22,25)/t12-,13+/m1/s1. The van der Waals surface area contributed by atoms with Crippen molar-refractivity contribution in [2.75, 3.05) is 23.9 Å². The van der Waals surface area contributed by atoms with Crippen LogP contribution in [0, 0.1) is 6.92 Å². The van der Waals surface area contributed by atoms with E-state index in [1.54, 1.807) is 23.7 Å². The maximum atomic E-state index is 12.6. The van der Waals surface area contributed by atoms with Gasteiger partial charge >= 0.3 is 6.61 Å². The molecule has 11 heteroatoms. The topological polar surface area (TPSA) is 99.5 Å². The van der Waals surface area contributed by atoms with Crippen LogP contribution >= 0.6 is 0 Å². The van der Waals surface area contributed by atoms with Gasteiger partial charge in [-0.25, -0.2) is 13.1 Å². The summed E-state index contributed by atoms with van der Waals surface area (Å²) in [6, 6.07) is 4.23. The van der Waals surface area contributed by atoms with E-state index in [1.807, 2.05) is 0 Å². The van der Waals surface area contributed by atoms with Crippen LogP contribution in [-0.2, 0) is 14.6 Å². The Morgan fingerprint density at radius 1 is 1.30 bits per heavy atom. The number of nitrogens with one attached hydrogen (secondary N) is 1. The number of anilines is 1. The minimum absolute atomic E-state index is 0.0193. The summed E-state index contributed by atoms with van der Waals surface area (Å²) in [4.78, 5) is 12.5. The fraction of sp³-hybridized carbons (Fsp3) is 0.474. The van der Waals surface area contributed by atoms with Crippen LogP contribution in [0.4, 0.5) is 14.6 Å². The number of ether oxygens (including phenoxy) is 2. The number of halogens is 2. The van der Waals surface area contributed by atoms with Gasteiger partial charge in [-0.2, -0.15) is 13.9 Å². The number of nitrogens with zero attached hydrogens (tertiary/aromatic N) is 2. The van der Waals surface area contributed by atoms with Crippen LogP contribution in [-0.4, -0.2) is 49.3 Å². The van der Waals surface area contributed by atoms with E-state index in [-0.39, 0.29) is 47.3 Å². The molecule has 1 saturated heterocycles. The summed E-state index contributed by atoms with van der Waals surface area (Å²) in [5.41, 5.74) is 2.14. The first kappa shape index (κ1) is 20.6. The molecule has 2 aliphatic rings. The van der Waals surface area contributed by atoms with Gasteiger partial charge in [-0.05, 0) is 31.0 Å². The van der Waals surface area contributed by atoms with Crippen LogP contribution in [0.2, 0.25) is 0 Å². The summed E-state index contributed by atoms with van der Waals surface area (Å²) in [6.45, 7) is -1.19. The molecule has 0 bridgehead atoms. The second-order valence-corrected chi connectivity index (χ2v) is 9.67. The Morgan fingerprint density at radius 2 is 2.07 bits per heavy atom. The summed E-state index contributed by atoms with van der Waals surface area (Å²) in [5, 5.41) is 7.36. The molecule has 0 spiro atoms. The minimum atomic E-state index is -3.13. The van der Waals surface area contributed by atoms with E-state index in [4.69, 9.17) is 4.74 Å². The van der Waals surface area contributed by atoms with Crippen LogP contribution in [0.1, 0.15) is 41.6 Å². The largest absolute Gasteiger partial charge is 0.493 e. The van der Waals surface area contributed by atoms with E-state index in [0.29, 0.717) is 23.5 Å². The highest BCUT2D eigenvalue weighted by atomic mass is 32.2. The van der Waals surface area contributed by atoms with Gasteiger partial charge in [0, 0.05) is 17.9 Å². The van der Waals surface area contributed by atoms with E-state index >= 15 is 0 Å². The Labute approximate surface area is 172 Å². The summed E-state index contributed by atoms with van der Waals surface area (Å²) >= 11 is 0. The van der Waals surface area contributed by atoms with Gasteiger partial charge in [0.25, 0.3) is 0 Å². The molecule has 0 saturated carbocycles. The fourth-order valence-corrected chi connectivity index (χ4v) is 5.88. The molecule has 0 unspecified atom stereocenters. The average Bonchev–Trinajstić information content (AvgIpc) is 3.20. The van der Waals surface area contributed by atoms with Gasteiger partial charge in [-0.3, -0.25) is 4.79 Å². The number of benzene rings is 1. The molecule has 2 aromatic rings.